The molecule has 1 unspecified atom stereocenters. The summed E-state index contributed by atoms with van der Waals surface area (Å²) in [6.07, 6.45) is 0.718. The highest BCUT2D eigenvalue weighted by Gasteiger charge is 2.30. The molecule has 0 spiro atoms. The first kappa shape index (κ1) is 17.8. The Hall–Kier alpha value is -1.99. The molecule has 3 rings (SSSR count). The third-order valence-electron chi connectivity index (χ3n) is 4.59. The molecule has 1 atom stereocenters. The van der Waals surface area contributed by atoms with Gasteiger partial charge in [-0.25, -0.2) is 8.78 Å². The second-order valence-electron chi connectivity index (χ2n) is 6.03. The zero-order chi connectivity index (χ0) is 18.0. The Kier molecular flexibility index (Phi) is 5.34. The van der Waals surface area contributed by atoms with Crippen LogP contribution >= 0.6 is 11.3 Å². The van der Waals surface area contributed by atoms with E-state index in [4.69, 9.17) is 4.74 Å². The van der Waals surface area contributed by atoms with E-state index in [9.17, 15) is 18.7 Å². The van der Waals surface area contributed by atoms with Gasteiger partial charge in [0.1, 0.15) is 0 Å². The van der Waals surface area contributed by atoms with Crippen molar-refractivity contribution >= 4 is 17.2 Å². The molecule has 134 valence electrons. The van der Waals surface area contributed by atoms with E-state index < -0.39 is 29.4 Å². The average molecular weight is 367 g/mol. The largest absolute Gasteiger partial charge is 0.491 e. The van der Waals surface area contributed by atoms with E-state index >= 15 is 0 Å². The smallest absolute Gasteiger partial charge is 0.256 e. The van der Waals surface area contributed by atoms with E-state index in [2.05, 4.69) is 0 Å². The van der Waals surface area contributed by atoms with Crippen LogP contribution in [-0.4, -0.2) is 36.1 Å². The Balaban J connectivity index is 1.68. The number of nitrogens with zero attached hydrogens (tertiary/aromatic N) is 1. The molecule has 25 heavy (non-hydrogen) atoms. The van der Waals surface area contributed by atoms with Crippen LogP contribution in [0.1, 0.15) is 34.2 Å². The zero-order valence-corrected chi connectivity index (χ0v) is 14.6. The van der Waals surface area contributed by atoms with E-state index in [0.717, 1.165) is 24.1 Å². The number of halogens is 2. The molecule has 2 aromatic rings. The summed E-state index contributed by atoms with van der Waals surface area (Å²) in [4.78, 5) is 15.0. The van der Waals surface area contributed by atoms with E-state index in [1.807, 2.05) is 17.5 Å². The highest BCUT2D eigenvalue weighted by Crippen LogP contribution is 2.33. The minimum absolute atomic E-state index is 0.0651. The van der Waals surface area contributed by atoms with Gasteiger partial charge in [0.25, 0.3) is 5.91 Å². The summed E-state index contributed by atoms with van der Waals surface area (Å²) in [6.45, 7) is 0.843. The fraction of sp³-hybridized carbons (Fsp3) is 0.389. The van der Waals surface area contributed by atoms with Crippen molar-refractivity contribution in [2.75, 3.05) is 20.2 Å². The summed E-state index contributed by atoms with van der Waals surface area (Å²) in [5.41, 5.74) is -0.199. The maximum Gasteiger partial charge on any atom is 0.256 e. The SMILES string of the molecule is COc1c(F)ccc(C(=O)N2CCC(C(O)c3cccs3)CC2)c1F. The van der Waals surface area contributed by atoms with Crippen LogP contribution < -0.4 is 4.74 Å². The molecule has 0 radical (unpaired) electrons. The summed E-state index contributed by atoms with van der Waals surface area (Å²) < 4.78 is 32.5. The highest BCUT2D eigenvalue weighted by molar-refractivity contribution is 7.10. The second-order valence-corrected chi connectivity index (χ2v) is 7.01. The van der Waals surface area contributed by atoms with Gasteiger partial charge in [-0.2, -0.15) is 0 Å². The number of amides is 1. The molecular formula is C18H19F2NO3S. The van der Waals surface area contributed by atoms with Crippen LogP contribution in [0.3, 0.4) is 0 Å². The van der Waals surface area contributed by atoms with Crippen molar-refractivity contribution in [1.82, 2.24) is 4.90 Å². The number of methoxy groups -OCH3 is 1. The maximum absolute atomic E-state index is 14.3. The van der Waals surface area contributed by atoms with Crippen LogP contribution in [0.2, 0.25) is 0 Å². The quantitative estimate of drug-likeness (QED) is 0.898. The Bertz CT molecular complexity index is 743. The molecule has 4 nitrogen and oxygen atoms in total. The number of carbonyl (C=O) groups excluding carboxylic acids is 1. The number of ether oxygens (including phenoxy) is 1. The number of aliphatic hydroxyl groups excluding tert-OH is 1. The fourth-order valence-electron chi connectivity index (χ4n) is 3.17. The number of hydrogen-bond donors (Lipinski definition) is 1. The summed E-state index contributed by atoms with van der Waals surface area (Å²) in [5.74, 6) is -2.79. The number of piperidine rings is 1. The monoisotopic (exact) mass is 367 g/mol. The Morgan fingerprint density at radius 3 is 2.64 bits per heavy atom. The third kappa shape index (κ3) is 3.52. The fourth-order valence-corrected chi connectivity index (χ4v) is 3.97. The minimum Gasteiger partial charge on any atom is -0.491 e. The number of benzene rings is 1. The zero-order valence-electron chi connectivity index (χ0n) is 13.7. The molecule has 1 aliphatic rings. The Labute approximate surface area is 148 Å². The highest BCUT2D eigenvalue weighted by atomic mass is 32.1. The number of likely N-dealkylation sites (tertiary alicyclic amines) is 1. The molecule has 1 amide bonds. The normalized spacial score (nSPS) is 16.7. The van der Waals surface area contributed by atoms with E-state index in [1.54, 1.807) is 0 Å². The summed E-state index contributed by atoms with van der Waals surface area (Å²) in [7, 11) is 1.16. The molecule has 1 aliphatic heterocycles. The molecule has 1 aromatic carbocycles. The molecule has 0 bridgehead atoms. The molecule has 1 saturated heterocycles. The van der Waals surface area contributed by atoms with Crippen molar-refractivity contribution in [3.8, 4) is 5.75 Å². The molecule has 0 aliphatic carbocycles. The van der Waals surface area contributed by atoms with Crippen molar-refractivity contribution in [3.05, 3.63) is 51.7 Å². The van der Waals surface area contributed by atoms with Gasteiger partial charge in [-0.1, -0.05) is 6.07 Å². The van der Waals surface area contributed by atoms with Crippen molar-refractivity contribution in [2.45, 2.75) is 18.9 Å². The topological polar surface area (TPSA) is 49.8 Å². The second kappa shape index (κ2) is 7.49. The molecule has 2 heterocycles. The molecular weight excluding hydrogens is 348 g/mol. The minimum atomic E-state index is -0.978. The molecule has 1 aromatic heterocycles. The first-order valence-corrected chi connectivity index (χ1v) is 8.93. The number of hydrogen-bond acceptors (Lipinski definition) is 4. The van der Waals surface area contributed by atoms with E-state index in [1.165, 1.54) is 16.2 Å². The summed E-state index contributed by atoms with van der Waals surface area (Å²) >= 11 is 1.51. The number of aliphatic hydroxyl groups is 1. The molecule has 1 N–H and O–H groups in total. The van der Waals surface area contributed by atoms with Gasteiger partial charge in [-0.3, -0.25) is 4.79 Å². The van der Waals surface area contributed by atoms with Crippen LogP contribution in [0, 0.1) is 17.6 Å². The van der Waals surface area contributed by atoms with Crippen molar-refractivity contribution in [3.63, 3.8) is 0 Å². The maximum atomic E-state index is 14.3. The first-order chi connectivity index (χ1) is 12.0. The third-order valence-corrected chi connectivity index (χ3v) is 5.53. The summed E-state index contributed by atoms with van der Waals surface area (Å²) in [5, 5.41) is 12.3. The lowest BCUT2D eigenvalue weighted by Gasteiger charge is -2.34. The van der Waals surface area contributed by atoms with E-state index in [0.29, 0.717) is 25.9 Å². The van der Waals surface area contributed by atoms with E-state index in [-0.39, 0.29) is 11.5 Å². The number of carbonyl (C=O) groups is 1. The number of rotatable bonds is 4. The lowest BCUT2D eigenvalue weighted by atomic mass is 9.90. The van der Waals surface area contributed by atoms with Gasteiger partial charge in [0.05, 0.1) is 18.8 Å². The van der Waals surface area contributed by atoms with Gasteiger partial charge in [-0.05, 0) is 42.3 Å². The van der Waals surface area contributed by atoms with Crippen molar-refractivity contribution in [2.24, 2.45) is 5.92 Å². The van der Waals surface area contributed by atoms with Crippen LogP contribution in [0.4, 0.5) is 8.78 Å². The van der Waals surface area contributed by atoms with Crippen LogP contribution in [0.5, 0.6) is 5.75 Å². The molecule has 0 saturated carbocycles. The average Bonchev–Trinajstić information content (AvgIpc) is 3.16. The lowest BCUT2D eigenvalue weighted by Crippen LogP contribution is -2.40. The van der Waals surface area contributed by atoms with Crippen molar-refractivity contribution < 1.29 is 23.4 Å². The number of thiophene rings is 1. The predicted octanol–water partition coefficient (Wildman–Crippen LogP) is 3.62. The lowest BCUT2D eigenvalue weighted by molar-refractivity contribution is 0.0470. The van der Waals surface area contributed by atoms with Crippen LogP contribution in [0.15, 0.2) is 29.6 Å². The van der Waals surface area contributed by atoms with Gasteiger partial charge in [-0.15, -0.1) is 11.3 Å². The van der Waals surface area contributed by atoms with Gasteiger partial charge < -0.3 is 14.7 Å². The summed E-state index contributed by atoms with van der Waals surface area (Å²) in [6, 6.07) is 5.96. The molecule has 1 fully saturated rings. The molecule has 7 heteroatoms. The van der Waals surface area contributed by atoms with Crippen molar-refractivity contribution in [1.29, 1.82) is 0 Å². The first-order valence-electron chi connectivity index (χ1n) is 8.05. The standard InChI is InChI=1S/C18H19F2NO3S/c1-24-17-13(19)5-4-12(15(17)20)18(23)21-8-6-11(7-9-21)16(22)14-3-2-10-25-14/h2-5,10-11,16,22H,6-9H2,1H3. The Morgan fingerprint density at radius 1 is 1.32 bits per heavy atom. The van der Waals surface area contributed by atoms with Gasteiger partial charge in [0.2, 0.25) is 0 Å². The van der Waals surface area contributed by atoms with Gasteiger partial charge in [0.15, 0.2) is 17.4 Å². The van der Waals surface area contributed by atoms with Gasteiger partial charge in [0, 0.05) is 18.0 Å². The Morgan fingerprint density at radius 2 is 2.04 bits per heavy atom. The van der Waals surface area contributed by atoms with Crippen LogP contribution in [0.25, 0.3) is 0 Å². The van der Waals surface area contributed by atoms with Gasteiger partial charge >= 0.3 is 0 Å². The predicted molar refractivity (Wildman–Crippen MR) is 90.8 cm³/mol. The van der Waals surface area contributed by atoms with Crippen LogP contribution in [-0.2, 0) is 0 Å².